The van der Waals surface area contributed by atoms with Crippen molar-refractivity contribution >= 4 is 16.7 Å². The van der Waals surface area contributed by atoms with Gasteiger partial charge in [-0.15, -0.1) is 0 Å². The monoisotopic (exact) mass is 440 g/mol. The minimum Gasteiger partial charge on any atom is -0.493 e. The number of rotatable bonds is 9. The second-order valence-corrected chi connectivity index (χ2v) is 8.30. The highest BCUT2D eigenvalue weighted by Crippen LogP contribution is 2.33. The number of likely N-dealkylation sites (tertiary alicyclic amines) is 1. The molecule has 1 saturated heterocycles. The summed E-state index contributed by atoms with van der Waals surface area (Å²) in [6.07, 6.45) is 4.01. The summed E-state index contributed by atoms with van der Waals surface area (Å²) in [6, 6.07) is 9.93. The van der Waals surface area contributed by atoms with E-state index in [1.807, 2.05) is 0 Å². The molecule has 0 N–H and O–H groups in total. The number of hydrogen-bond donors (Lipinski definition) is 0. The highest BCUT2D eigenvalue weighted by atomic mass is 19.1. The molecule has 2 heterocycles. The zero-order valence-corrected chi connectivity index (χ0v) is 18.6. The number of aromatic nitrogens is 1. The fraction of sp³-hybridized carbons (Fsp3) is 0.440. The lowest BCUT2D eigenvalue weighted by molar-refractivity contribution is 0.101. The number of halogens is 1. The van der Waals surface area contributed by atoms with Gasteiger partial charge in [-0.25, -0.2) is 4.39 Å². The van der Waals surface area contributed by atoms with E-state index >= 15 is 0 Å². The third kappa shape index (κ3) is 5.10. The molecule has 0 bridgehead atoms. The van der Waals surface area contributed by atoms with Gasteiger partial charge in [0.1, 0.15) is 17.1 Å². The van der Waals surface area contributed by atoms with Gasteiger partial charge in [0.15, 0.2) is 17.3 Å². The molecule has 0 radical (unpaired) electrons. The van der Waals surface area contributed by atoms with Crippen LogP contribution in [-0.2, 0) is 0 Å². The number of unbranched alkanes of at least 4 members (excludes halogenated alkanes) is 1. The average molecular weight is 441 g/mol. The number of ether oxygens (including phenoxy) is 2. The number of fused-ring (bicyclic) bond motifs is 1. The third-order valence-corrected chi connectivity index (χ3v) is 6.12. The maximum Gasteiger partial charge on any atom is 0.161 e. The molecule has 7 heteroatoms. The average Bonchev–Trinajstić information content (AvgIpc) is 3.22. The quantitative estimate of drug-likeness (QED) is 0.336. The van der Waals surface area contributed by atoms with Crippen LogP contribution in [-0.4, -0.2) is 49.2 Å². The van der Waals surface area contributed by atoms with Crippen molar-refractivity contribution in [2.45, 2.75) is 38.5 Å². The first-order valence-electron chi connectivity index (χ1n) is 11.1. The summed E-state index contributed by atoms with van der Waals surface area (Å²) in [4.78, 5) is 14.0. The van der Waals surface area contributed by atoms with E-state index < -0.39 is 0 Å². The van der Waals surface area contributed by atoms with Crippen molar-refractivity contribution in [2.24, 2.45) is 0 Å². The van der Waals surface area contributed by atoms with E-state index in [0.29, 0.717) is 35.1 Å². The van der Waals surface area contributed by atoms with E-state index in [1.54, 1.807) is 31.4 Å². The molecule has 0 unspecified atom stereocenters. The normalized spacial score (nSPS) is 15.2. The highest BCUT2D eigenvalue weighted by Gasteiger charge is 2.25. The van der Waals surface area contributed by atoms with E-state index in [2.05, 4.69) is 10.1 Å². The van der Waals surface area contributed by atoms with Gasteiger partial charge in [0, 0.05) is 22.9 Å². The molecule has 0 aliphatic carbocycles. The molecule has 6 nitrogen and oxygen atoms in total. The van der Waals surface area contributed by atoms with E-state index in [0.717, 1.165) is 56.5 Å². The van der Waals surface area contributed by atoms with Crippen LogP contribution in [0.1, 0.15) is 54.6 Å². The first-order valence-corrected chi connectivity index (χ1v) is 11.1. The van der Waals surface area contributed by atoms with Crippen LogP contribution >= 0.6 is 0 Å². The molecule has 32 heavy (non-hydrogen) atoms. The van der Waals surface area contributed by atoms with Crippen molar-refractivity contribution < 1.29 is 23.2 Å². The van der Waals surface area contributed by atoms with Crippen LogP contribution in [0.3, 0.4) is 0 Å². The van der Waals surface area contributed by atoms with Gasteiger partial charge in [-0.2, -0.15) is 0 Å². The fourth-order valence-electron chi connectivity index (χ4n) is 4.27. The second-order valence-electron chi connectivity index (χ2n) is 8.30. The highest BCUT2D eigenvalue weighted by molar-refractivity contribution is 5.94. The summed E-state index contributed by atoms with van der Waals surface area (Å²) in [5.74, 6) is 2.18. The predicted octanol–water partition coefficient (Wildman–Crippen LogP) is 5.22. The first-order chi connectivity index (χ1) is 15.5. The van der Waals surface area contributed by atoms with Gasteiger partial charge >= 0.3 is 0 Å². The van der Waals surface area contributed by atoms with Crippen LogP contribution in [0.5, 0.6) is 11.5 Å². The van der Waals surface area contributed by atoms with Gasteiger partial charge in [-0.3, -0.25) is 4.79 Å². The van der Waals surface area contributed by atoms with Crippen LogP contribution in [0, 0.1) is 5.82 Å². The number of piperidine rings is 1. The molecular formula is C25H29FN2O4. The number of carbonyl (C=O) groups is 1. The lowest BCUT2D eigenvalue weighted by atomic mass is 9.92. The van der Waals surface area contributed by atoms with Crippen molar-refractivity contribution in [1.29, 1.82) is 0 Å². The maximum atomic E-state index is 13.4. The molecule has 0 amide bonds. The van der Waals surface area contributed by atoms with E-state index in [1.165, 1.54) is 19.1 Å². The summed E-state index contributed by atoms with van der Waals surface area (Å²) in [5, 5.41) is 4.95. The molecule has 170 valence electrons. The van der Waals surface area contributed by atoms with Crippen molar-refractivity contribution in [3.8, 4) is 11.5 Å². The Labute approximate surface area is 187 Å². The molecular weight excluding hydrogens is 411 g/mol. The van der Waals surface area contributed by atoms with Crippen molar-refractivity contribution in [2.75, 3.05) is 33.4 Å². The number of hydrogen-bond acceptors (Lipinski definition) is 6. The van der Waals surface area contributed by atoms with Crippen LogP contribution in [0.25, 0.3) is 10.9 Å². The van der Waals surface area contributed by atoms with Gasteiger partial charge in [0.05, 0.1) is 13.7 Å². The van der Waals surface area contributed by atoms with Gasteiger partial charge in [-0.1, -0.05) is 5.16 Å². The third-order valence-electron chi connectivity index (χ3n) is 6.12. The molecule has 3 aromatic rings. The van der Waals surface area contributed by atoms with Crippen molar-refractivity contribution in [3.63, 3.8) is 0 Å². The largest absolute Gasteiger partial charge is 0.493 e. The molecule has 0 atom stereocenters. The van der Waals surface area contributed by atoms with Crippen LogP contribution in [0.2, 0.25) is 0 Å². The molecule has 2 aromatic carbocycles. The Hall–Kier alpha value is -2.93. The number of carbonyl (C=O) groups excluding carboxylic acids is 1. The Balaban J connectivity index is 1.19. The van der Waals surface area contributed by atoms with Crippen LogP contribution in [0.4, 0.5) is 4.39 Å². The molecule has 1 fully saturated rings. The summed E-state index contributed by atoms with van der Waals surface area (Å²) in [5.41, 5.74) is 1.21. The number of benzene rings is 2. The fourth-order valence-corrected chi connectivity index (χ4v) is 4.27. The lowest BCUT2D eigenvalue weighted by Gasteiger charge is -2.30. The summed E-state index contributed by atoms with van der Waals surface area (Å²) < 4.78 is 30.1. The Morgan fingerprint density at radius 2 is 1.97 bits per heavy atom. The maximum absolute atomic E-state index is 13.4. The van der Waals surface area contributed by atoms with Crippen LogP contribution < -0.4 is 9.47 Å². The summed E-state index contributed by atoms with van der Waals surface area (Å²) in [7, 11) is 1.58. The minimum atomic E-state index is -0.289. The molecule has 1 aliphatic heterocycles. The topological polar surface area (TPSA) is 64.8 Å². The van der Waals surface area contributed by atoms with E-state index in [-0.39, 0.29) is 11.6 Å². The van der Waals surface area contributed by atoms with Gasteiger partial charge < -0.3 is 18.9 Å². The standard InChI is InChI=1S/C25H29FN2O4/c1-17(29)19-5-8-23(24(15-19)30-2)31-14-4-3-11-28-12-9-18(10-13-28)25-21-7-6-20(26)16-22(21)27-32-25/h5-8,15-16,18H,3-4,9-14H2,1-2H3. The minimum absolute atomic E-state index is 0.00372. The van der Waals surface area contributed by atoms with Crippen LogP contribution in [0.15, 0.2) is 40.9 Å². The molecule has 0 spiro atoms. The van der Waals surface area contributed by atoms with Crippen molar-refractivity contribution in [3.05, 3.63) is 53.5 Å². The van der Waals surface area contributed by atoms with E-state index in [9.17, 15) is 9.18 Å². The Kier molecular flexibility index (Phi) is 7.05. The zero-order chi connectivity index (χ0) is 22.5. The smallest absolute Gasteiger partial charge is 0.161 e. The Bertz CT molecular complexity index is 1070. The Morgan fingerprint density at radius 3 is 2.72 bits per heavy atom. The number of nitrogens with zero attached hydrogens (tertiary/aromatic N) is 2. The molecule has 0 saturated carbocycles. The molecule has 4 rings (SSSR count). The zero-order valence-electron chi connectivity index (χ0n) is 18.6. The van der Waals surface area contributed by atoms with Gasteiger partial charge in [0.2, 0.25) is 0 Å². The van der Waals surface area contributed by atoms with E-state index in [4.69, 9.17) is 14.0 Å². The number of ketones is 1. The number of methoxy groups -OCH3 is 1. The molecule has 1 aromatic heterocycles. The second kappa shape index (κ2) is 10.1. The van der Waals surface area contributed by atoms with Gasteiger partial charge in [0.25, 0.3) is 0 Å². The molecule has 1 aliphatic rings. The Morgan fingerprint density at radius 1 is 1.16 bits per heavy atom. The summed E-state index contributed by atoms with van der Waals surface area (Å²) >= 11 is 0. The first kappa shape index (κ1) is 22.3. The van der Waals surface area contributed by atoms with Gasteiger partial charge in [-0.05, 0) is 82.6 Å². The predicted molar refractivity (Wildman–Crippen MR) is 120 cm³/mol. The number of Topliss-reactive ketones (excluding diaryl/α,β-unsaturated/α-hetero) is 1. The van der Waals surface area contributed by atoms with Crippen molar-refractivity contribution in [1.82, 2.24) is 10.1 Å². The SMILES string of the molecule is COc1cc(C(C)=O)ccc1OCCCCN1CCC(c2onc3cc(F)ccc23)CC1. The lowest BCUT2D eigenvalue weighted by Crippen LogP contribution is -2.33. The summed E-state index contributed by atoms with van der Waals surface area (Å²) in [6.45, 7) is 5.18.